The summed E-state index contributed by atoms with van der Waals surface area (Å²) in [6.07, 6.45) is 5.62. The second-order valence-electron chi connectivity index (χ2n) is 7.03. The van der Waals surface area contributed by atoms with Gasteiger partial charge in [0.2, 0.25) is 9.84 Å². The fourth-order valence-electron chi connectivity index (χ4n) is 3.48. The Hall–Kier alpha value is -1.47. The first-order chi connectivity index (χ1) is 11.3. The van der Waals surface area contributed by atoms with Gasteiger partial charge in [-0.2, -0.15) is 4.39 Å². The van der Waals surface area contributed by atoms with Gasteiger partial charge in [0.1, 0.15) is 0 Å². The van der Waals surface area contributed by atoms with Crippen LogP contribution in [0.2, 0.25) is 0 Å². The van der Waals surface area contributed by atoms with E-state index in [0.29, 0.717) is 18.3 Å². The Morgan fingerprint density at radius 2 is 1.79 bits per heavy atom. The summed E-state index contributed by atoms with van der Waals surface area (Å²) in [7, 11) is -4.16. The van der Waals surface area contributed by atoms with Crippen LogP contribution in [0.1, 0.15) is 48.9 Å². The Morgan fingerprint density at radius 1 is 1.21 bits per heavy atom. The summed E-state index contributed by atoms with van der Waals surface area (Å²) >= 11 is 0. The Balaban J connectivity index is 1.71. The number of benzene rings is 1. The van der Waals surface area contributed by atoms with Crippen molar-refractivity contribution in [1.82, 2.24) is 5.48 Å². The molecule has 0 heterocycles. The average molecular weight is 355 g/mol. The maximum atomic E-state index is 15.3. The third-order valence-electron chi connectivity index (χ3n) is 5.32. The Morgan fingerprint density at radius 3 is 2.29 bits per heavy atom. The number of carbonyl (C=O) groups excluding carboxylic acids is 1. The summed E-state index contributed by atoms with van der Waals surface area (Å²) in [5, 5.41) is -2.89. The largest absolute Gasteiger partial charge is 0.333 e. The van der Waals surface area contributed by atoms with E-state index in [1.54, 1.807) is 18.2 Å². The minimum Gasteiger partial charge on any atom is -0.267 e. The predicted molar refractivity (Wildman–Crippen MR) is 87.3 cm³/mol. The van der Waals surface area contributed by atoms with Crippen LogP contribution in [0.25, 0.3) is 0 Å². The van der Waals surface area contributed by atoms with Crippen molar-refractivity contribution in [2.24, 2.45) is 11.3 Å². The highest BCUT2D eigenvalue weighted by molar-refractivity contribution is 7.91. The van der Waals surface area contributed by atoms with Crippen LogP contribution < -0.4 is 5.48 Å². The Labute approximate surface area is 141 Å². The number of hydrogen-bond donors (Lipinski definition) is 1. The van der Waals surface area contributed by atoms with E-state index < -0.39 is 26.8 Å². The maximum Gasteiger partial charge on any atom is 0.333 e. The summed E-state index contributed by atoms with van der Waals surface area (Å²) in [5.41, 5.74) is 2.57. The van der Waals surface area contributed by atoms with Crippen molar-refractivity contribution in [3.8, 4) is 0 Å². The lowest BCUT2D eigenvalue weighted by Crippen LogP contribution is -2.49. The van der Waals surface area contributed by atoms with E-state index in [1.165, 1.54) is 12.1 Å². The van der Waals surface area contributed by atoms with E-state index >= 15 is 4.39 Å². The lowest BCUT2D eigenvalue weighted by Gasteiger charge is -2.36. The topological polar surface area (TPSA) is 72.5 Å². The molecule has 0 aliphatic heterocycles. The van der Waals surface area contributed by atoms with Gasteiger partial charge in [0.15, 0.2) is 0 Å². The molecule has 1 unspecified atom stereocenters. The van der Waals surface area contributed by atoms with Crippen molar-refractivity contribution in [3.63, 3.8) is 0 Å². The van der Waals surface area contributed by atoms with Crippen molar-refractivity contribution in [1.29, 1.82) is 0 Å². The number of alkyl halides is 1. The molecular weight excluding hydrogens is 333 g/mol. The van der Waals surface area contributed by atoms with E-state index in [4.69, 9.17) is 4.84 Å². The molecule has 1 atom stereocenters. The highest BCUT2D eigenvalue weighted by Crippen LogP contribution is 2.59. The normalized spacial score (nSPS) is 22.8. The minimum absolute atomic E-state index is 0.272. The van der Waals surface area contributed by atoms with E-state index in [2.05, 4.69) is 0 Å². The van der Waals surface area contributed by atoms with Gasteiger partial charge in [-0.1, -0.05) is 18.2 Å². The molecule has 1 spiro atoms. The molecule has 2 saturated carbocycles. The fourth-order valence-corrected chi connectivity index (χ4v) is 4.51. The third kappa shape index (κ3) is 3.32. The number of carbonyl (C=O) groups is 1. The molecule has 1 N–H and O–H groups in total. The second kappa shape index (κ2) is 6.11. The highest BCUT2D eigenvalue weighted by Gasteiger charge is 2.55. The van der Waals surface area contributed by atoms with E-state index in [9.17, 15) is 13.2 Å². The molecule has 0 aromatic heterocycles. The number of hydrogen-bond acceptors (Lipinski definition) is 4. The maximum absolute atomic E-state index is 15.3. The molecule has 1 aromatic rings. The van der Waals surface area contributed by atoms with Gasteiger partial charge in [-0.15, -0.1) is 0 Å². The average Bonchev–Trinajstić information content (AvgIpc) is 3.31. The summed E-state index contributed by atoms with van der Waals surface area (Å²) in [6, 6.07) is 8.13. The van der Waals surface area contributed by atoms with Crippen molar-refractivity contribution in [2.75, 3.05) is 6.26 Å². The zero-order valence-corrected chi connectivity index (χ0v) is 14.4. The van der Waals surface area contributed by atoms with Crippen molar-refractivity contribution in [2.45, 2.75) is 43.7 Å². The monoisotopic (exact) mass is 355 g/mol. The molecule has 2 aliphatic carbocycles. The van der Waals surface area contributed by atoms with E-state index in [1.807, 2.05) is 5.48 Å². The van der Waals surface area contributed by atoms with Gasteiger partial charge in [0.05, 0.1) is 0 Å². The molecule has 0 bridgehead atoms. The summed E-state index contributed by atoms with van der Waals surface area (Å²) < 4.78 is 39.4. The summed E-state index contributed by atoms with van der Waals surface area (Å²) in [4.78, 5) is 16.9. The molecule has 3 rings (SSSR count). The first-order valence-electron chi connectivity index (χ1n) is 8.18. The van der Waals surface area contributed by atoms with Crippen molar-refractivity contribution >= 4 is 15.7 Å². The zero-order chi connectivity index (χ0) is 17.4. The van der Waals surface area contributed by atoms with Gasteiger partial charge in [0, 0.05) is 17.7 Å². The standard InChI is InChI=1S/C17H22FNO4S/c1-24(21,22)17(18,14-7-9-16(10-8-14)11-12-16)23-19-15(20)13-5-3-2-4-6-13/h2-6,14H,7-12H2,1H3,(H,19,20). The molecule has 2 aliphatic rings. The second-order valence-corrected chi connectivity index (χ2v) is 9.13. The van der Waals surface area contributed by atoms with Crippen LogP contribution in [0.4, 0.5) is 4.39 Å². The Bertz CT molecular complexity index is 707. The number of amides is 1. The first-order valence-corrected chi connectivity index (χ1v) is 10.1. The third-order valence-corrected chi connectivity index (χ3v) is 6.74. The molecular formula is C17H22FNO4S. The number of nitrogens with one attached hydrogen (secondary N) is 1. The molecule has 0 radical (unpaired) electrons. The molecule has 1 aromatic carbocycles. The molecule has 24 heavy (non-hydrogen) atoms. The lowest BCUT2D eigenvalue weighted by molar-refractivity contribution is -0.158. The number of sulfone groups is 1. The van der Waals surface area contributed by atoms with Gasteiger partial charge in [-0.25, -0.2) is 18.7 Å². The van der Waals surface area contributed by atoms with Crippen LogP contribution in [-0.2, 0) is 14.7 Å². The molecule has 2 fully saturated rings. The van der Waals surface area contributed by atoms with Gasteiger partial charge in [-0.3, -0.25) is 4.79 Å². The number of hydroxylamine groups is 1. The van der Waals surface area contributed by atoms with Gasteiger partial charge in [0.25, 0.3) is 5.91 Å². The predicted octanol–water partition coefficient (Wildman–Crippen LogP) is 2.99. The molecule has 7 heteroatoms. The van der Waals surface area contributed by atoms with Crippen molar-refractivity contribution in [3.05, 3.63) is 35.9 Å². The summed E-state index contributed by atoms with van der Waals surface area (Å²) in [5.74, 6) is -1.44. The van der Waals surface area contributed by atoms with E-state index in [0.717, 1.165) is 31.9 Å². The van der Waals surface area contributed by atoms with E-state index in [-0.39, 0.29) is 5.56 Å². The number of rotatable bonds is 5. The molecule has 5 nitrogen and oxygen atoms in total. The van der Waals surface area contributed by atoms with Crippen molar-refractivity contribution < 1.29 is 22.4 Å². The zero-order valence-electron chi connectivity index (χ0n) is 13.6. The summed E-state index contributed by atoms with van der Waals surface area (Å²) in [6.45, 7) is 0. The molecule has 0 saturated heterocycles. The van der Waals surface area contributed by atoms with Crippen LogP contribution in [0, 0.1) is 11.3 Å². The molecule has 132 valence electrons. The fraction of sp³-hybridized carbons (Fsp3) is 0.588. The van der Waals surface area contributed by atoms with Crippen LogP contribution >= 0.6 is 0 Å². The highest BCUT2D eigenvalue weighted by atomic mass is 32.2. The van der Waals surface area contributed by atoms with Crippen LogP contribution in [0.3, 0.4) is 0 Å². The first kappa shape index (κ1) is 17.4. The van der Waals surface area contributed by atoms with Crippen LogP contribution in [0.5, 0.6) is 0 Å². The minimum atomic E-state index is -4.16. The SMILES string of the molecule is CS(=O)(=O)C(F)(ONC(=O)c1ccccc1)C1CCC2(CC1)CC2. The molecule has 1 amide bonds. The van der Waals surface area contributed by atoms with Gasteiger partial charge < -0.3 is 0 Å². The van der Waals surface area contributed by atoms with Crippen LogP contribution in [-0.4, -0.2) is 25.8 Å². The lowest BCUT2D eigenvalue weighted by atomic mass is 9.79. The van der Waals surface area contributed by atoms with Gasteiger partial charge >= 0.3 is 5.19 Å². The Kier molecular flexibility index (Phi) is 4.42. The smallest absolute Gasteiger partial charge is 0.267 e. The van der Waals surface area contributed by atoms with Crippen LogP contribution in [0.15, 0.2) is 30.3 Å². The number of halogens is 1. The quantitative estimate of drug-likeness (QED) is 0.824. The van der Waals surface area contributed by atoms with Gasteiger partial charge in [-0.05, 0) is 56.1 Å².